The van der Waals surface area contributed by atoms with Crippen LogP contribution < -0.4 is 5.56 Å². The van der Waals surface area contributed by atoms with Gasteiger partial charge in [-0.1, -0.05) is 60.7 Å². The van der Waals surface area contributed by atoms with Crippen molar-refractivity contribution in [2.45, 2.75) is 38.5 Å². The van der Waals surface area contributed by atoms with Crippen molar-refractivity contribution in [2.75, 3.05) is 6.54 Å². The Hall–Kier alpha value is -5.58. The maximum absolute atomic E-state index is 14.5. The topological polar surface area (TPSA) is 60.1 Å². The van der Waals surface area contributed by atoms with Crippen LogP contribution in [0.25, 0.3) is 22.0 Å². The number of aryl methyl sites for hydroxylation is 3. The lowest BCUT2D eigenvalue weighted by Gasteiger charge is -2.25. The summed E-state index contributed by atoms with van der Waals surface area (Å²) in [4.78, 5) is 33.2. The molecular formula is C39H33F5N4O2. The minimum atomic E-state index is -4.42. The molecule has 0 aliphatic carbocycles. The number of carbonyl (C=O) groups is 1. The van der Waals surface area contributed by atoms with E-state index in [1.165, 1.54) is 24.3 Å². The zero-order valence-corrected chi connectivity index (χ0v) is 27.1. The standard InChI is InChI=1S/C39H33F5N4O2/c1-46-21-19-27(23-46)20-22-47(24-26-9-11-28(12-10-26)29-13-16-31(17-14-29)39(42,43)44)36(49)25-48-34-8-3-2-6-32(34)38(50)45-35(48)18-15-30-5-4-7-33(40)37(30)41/h2-14,16-17,19,21,23H,15,18,20,22,24-25H2,1H3. The molecule has 0 saturated carbocycles. The van der Waals surface area contributed by atoms with Gasteiger partial charge in [0.25, 0.3) is 5.56 Å². The fourth-order valence-electron chi connectivity index (χ4n) is 6.00. The van der Waals surface area contributed by atoms with Gasteiger partial charge in [0.15, 0.2) is 11.6 Å². The van der Waals surface area contributed by atoms with Crippen LogP contribution in [0.5, 0.6) is 0 Å². The monoisotopic (exact) mass is 684 g/mol. The Balaban J connectivity index is 1.28. The van der Waals surface area contributed by atoms with Gasteiger partial charge in [-0.15, -0.1) is 0 Å². The Morgan fingerprint density at radius 2 is 1.50 bits per heavy atom. The van der Waals surface area contributed by atoms with Gasteiger partial charge in [0.05, 0.1) is 16.5 Å². The summed E-state index contributed by atoms with van der Waals surface area (Å²) in [7, 11) is 1.91. The van der Waals surface area contributed by atoms with Gasteiger partial charge in [0.1, 0.15) is 12.4 Å². The largest absolute Gasteiger partial charge is 0.416 e. The van der Waals surface area contributed by atoms with Gasteiger partial charge in [-0.3, -0.25) is 9.59 Å². The highest BCUT2D eigenvalue weighted by Gasteiger charge is 2.30. The Morgan fingerprint density at radius 1 is 0.800 bits per heavy atom. The molecule has 4 aromatic carbocycles. The molecule has 2 aromatic heterocycles. The number of nitrogens with zero attached hydrogens (tertiary/aromatic N) is 4. The van der Waals surface area contributed by atoms with Gasteiger partial charge in [0.2, 0.25) is 5.91 Å². The van der Waals surface area contributed by atoms with Gasteiger partial charge in [-0.05, 0) is 77.1 Å². The van der Waals surface area contributed by atoms with Gasteiger partial charge in [-0.25, -0.2) is 8.78 Å². The van der Waals surface area contributed by atoms with E-state index in [-0.39, 0.29) is 43.2 Å². The summed E-state index contributed by atoms with van der Waals surface area (Å²) in [5.74, 6) is -1.91. The molecule has 0 bridgehead atoms. The summed E-state index contributed by atoms with van der Waals surface area (Å²) in [6.07, 6.45) is 0.202. The fraction of sp³-hybridized carbons (Fsp3) is 0.205. The van der Waals surface area contributed by atoms with E-state index >= 15 is 0 Å². The number of halogens is 5. The van der Waals surface area contributed by atoms with Crippen LogP contribution in [0.2, 0.25) is 0 Å². The summed E-state index contributed by atoms with van der Waals surface area (Å²) in [5, 5.41) is 0.329. The van der Waals surface area contributed by atoms with E-state index in [9.17, 15) is 31.5 Å². The number of benzene rings is 4. The van der Waals surface area contributed by atoms with E-state index in [0.717, 1.165) is 34.9 Å². The second-order valence-electron chi connectivity index (χ2n) is 12.2. The van der Waals surface area contributed by atoms with E-state index in [2.05, 4.69) is 4.98 Å². The number of aromatic nitrogens is 3. The Morgan fingerprint density at radius 3 is 2.18 bits per heavy atom. The first-order chi connectivity index (χ1) is 24.0. The van der Waals surface area contributed by atoms with E-state index in [0.29, 0.717) is 29.4 Å². The van der Waals surface area contributed by atoms with Crippen LogP contribution in [0.15, 0.2) is 114 Å². The summed E-state index contributed by atoms with van der Waals surface area (Å²) < 4.78 is 71.1. The smallest absolute Gasteiger partial charge is 0.357 e. The zero-order valence-electron chi connectivity index (χ0n) is 27.1. The number of alkyl halides is 3. The molecule has 0 aliphatic heterocycles. The van der Waals surface area contributed by atoms with Crippen molar-refractivity contribution in [3.63, 3.8) is 0 Å². The highest BCUT2D eigenvalue weighted by Crippen LogP contribution is 2.31. The van der Waals surface area contributed by atoms with E-state index < -0.39 is 28.9 Å². The van der Waals surface area contributed by atoms with Crippen LogP contribution in [-0.2, 0) is 50.4 Å². The van der Waals surface area contributed by atoms with Crippen LogP contribution in [0.3, 0.4) is 0 Å². The zero-order chi connectivity index (χ0) is 35.4. The van der Waals surface area contributed by atoms with Gasteiger partial charge < -0.3 is 14.0 Å². The molecule has 256 valence electrons. The minimum Gasteiger partial charge on any atom is -0.357 e. The lowest BCUT2D eigenvalue weighted by molar-refractivity contribution is -0.137. The van der Waals surface area contributed by atoms with Crippen molar-refractivity contribution in [3.05, 3.63) is 160 Å². The third kappa shape index (κ3) is 7.83. The third-order valence-corrected chi connectivity index (χ3v) is 8.70. The molecular weight excluding hydrogens is 651 g/mol. The number of para-hydroxylation sites is 1. The Labute approximate surface area is 285 Å². The predicted octanol–water partition coefficient (Wildman–Crippen LogP) is 7.76. The second-order valence-corrected chi connectivity index (χ2v) is 12.2. The van der Waals surface area contributed by atoms with Crippen LogP contribution >= 0.6 is 0 Å². The Kier molecular flexibility index (Phi) is 9.94. The van der Waals surface area contributed by atoms with Gasteiger partial charge >= 0.3 is 6.18 Å². The molecule has 0 fully saturated rings. The van der Waals surface area contributed by atoms with Crippen molar-refractivity contribution >= 4 is 16.8 Å². The molecule has 11 heteroatoms. The fourth-order valence-corrected chi connectivity index (χ4v) is 6.00. The number of amides is 1. The molecule has 6 rings (SSSR count). The average molecular weight is 685 g/mol. The van der Waals surface area contributed by atoms with Crippen molar-refractivity contribution in [1.29, 1.82) is 0 Å². The predicted molar refractivity (Wildman–Crippen MR) is 181 cm³/mol. The quantitative estimate of drug-likeness (QED) is 0.131. The molecule has 0 N–H and O–H groups in total. The summed E-state index contributed by atoms with van der Waals surface area (Å²) >= 11 is 0. The number of hydrogen-bond acceptors (Lipinski definition) is 3. The highest BCUT2D eigenvalue weighted by molar-refractivity contribution is 5.82. The molecule has 2 heterocycles. The van der Waals surface area contributed by atoms with E-state index in [1.54, 1.807) is 45.9 Å². The summed E-state index contributed by atoms with van der Waals surface area (Å²) in [6, 6.07) is 25.0. The highest BCUT2D eigenvalue weighted by atomic mass is 19.4. The number of carbonyl (C=O) groups excluding carboxylic acids is 1. The third-order valence-electron chi connectivity index (χ3n) is 8.70. The van der Waals surface area contributed by atoms with Crippen molar-refractivity contribution in [3.8, 4) is 11.1 Å². The van der Waals surface area contributed by atoms with Crippen molar-refractivity contribution < 1.29 is 26.7 Å². The van der Waals surface area contributed by atoms with Crippen LogP contribution in [0.1, 0.15) is 28.1 Å². The molecule has 50 heavy (non-hydrogen) atoms. The number of hydrogen-bond donors (Lipinski definition) is 0. The Bertz CT molecular complexity index is 2190. The molecule has 0 aliphatic rings. The van der Waals surface area contributed by atoms with Crippen molar-refractivity contribution in [2.24, 2.45) is 7.05 Å². The first-order valence-corrected chi connectivity index (χ1v) is 16.0. The lowest BCUT2D eigenvalue weighted by atomic mass is 10.0. The molecule has 0 radical (unpaired) electrons. The summed E-state index contributed by atoms with van der Waals surface area (Å²) in [6.45, 7) is 0.459. The first-order valence-electron chi connectivity index (χ1n) is 16.0. The first kappa shape index (κ1) is 34.3. The second kappa shape index (κ2) is 14.5. The van der Waals surface area contributed by atoms with E-state index in [4.69, 9.17) is 0 Å². The molecule has 0 saturated heterocycles. The SMILES string of the molecule is Cn1ccc(CCN(Cc2ccc(-c3ccc(C(F)(F)F)cc3)cc2)C(=O)Cn2c(CCc3cccc(F)c3F)nc(=O)c3ccccc32)c1. The number of fused-ring (bicyclic) bond motifs is 1. The molecule has 6 aromatic rings. The number of rotatable bonds is 11. The minimum absolute atomic E-state index is 0.0611. The molecule has 1 amide bonds. The van der Waals surface area contributed by atoms with E-state index in [1.807, 2.05) is 42.2 Å². The van der Waals surface area contributed by atoms with Crippen molar-refractivity contribution in [1.82, 2.24) is 19.0 Å². The van der Waals surface area contributed by atoms with Crippen LogP contribution in [0.4, 0.5) is 22.0 Å². The van der Waals surface area contributed by atoms with Crippen LogP contribution in [-0.4, -0.2) is 31.5 Å². The normalized spacial score (nSPS) is 11.6. The summed E-state index contributed by atoms with van der Waals surface area (Å²) in [5.41, 5.74) is 2.64. The van der Waals surface area contributed by atoms with Gasteiger partial charge in [0, 0.05) is 39.0 Å². The van der Waals surface area contributed by atoms with Gasteiger partial charge in [-0.2, -0.15) is 18.2 Å². The maximum Gasteiger partial charge on any atom is 0.416 e. The average Bonchev–Trinajstić information content (AvgIpc) is 3.53. The molecule has 0 atom stereocenters. The maximum atomic E-state index is 14.5. The lowest BCUT2D eigenvalue weighted by Crippen LogP contribution is -2.36. The molecule has 6 nitrogen and oxygen atoms in total. The molecule has 0 unspecified atom stereocenters. The molecule has 0 spiro atoms. The van der Waals surface area contributed by atoms with Crippen LogP contribution in [0, 0.1) is 11.6 Å².